The van der Waals surface area contributed by atoms with E-state index in [2.05, 4.69) is 31.2 Å². The summed E-state index contributed by atoms with van der Waals surface area (Å²) < 4.78 is 0.695. The minimum absolute atomic E-state index is 0.150. The fourth-order valence-electron chi connectivity index (χ4n) is 2.72. The van der Waals surface area contributed by atoms with Crippen LogP contribution in [0.3, 0.4) is 0 Å². The predicted octanol–water partition coefficient (Wildman–Crippen LogP) is 2.75. The first-order valence-electron chi connectivity index (χ1n) is 8.14. The lowest BCUT2D eigenvalue weighted by Gasteiger charge is -2.21. The van der Waals surface area contributed by atoms with Gasteiger partial charge in [-0.25, -0.2) is 4.98 Å². The van der Waals surface area contributed by atoms with Gasteiger partial charge in [0.2, 0.25) is 5.91 Å². The zero-order chi connectivity index (χ0) is 18.7. The molecule has 2 aromatic heterocycles. The first-order valence-corrected chi connectivity index (χ1v) is 8.93. The number of benzene rings is 1. The van der Waals surface area contributed by atoms with Crippen LogP contribution in [-0.4, -0.2) is 46.8 Å². The van der Waals surface area contributed by atoms with Gasteiger partial charge in [-0.1, -0.05) is 30.3 Å². The first-order chi connectivity index (χ1) is 12.4. The summed E-state index contributed by atoms with van der Waals surface area (Å²) in [5.41, 5.74) is 2.14. The monoisotopic (exact) mass is 414 g/mol. The van der Waals surface area contributed by atoms with Crippen molar-refractivity contribution in [3.8, 4) is 0 Å². The fourth-order valence-corrected chi connectivity index (χ4v) is 3.07. The standard InChI is InChI=1S/C19H19BrN4O2/c1-24(2)19(26)15(8-12-6-4-3-5-7-12)23-18(25)14-9-13-10-17(20)21-11-16(13)22-14/h3-7,9-11,15,22H,8H2,1-2H3,(H,23,25)/t15-/m0/s1. The molecule has 0 radical (unpaired) electrons. The van der Waals surface area contributed by atoms with Gasteiger partial charge in [-0.3, -0.25) is 9.59 Å². The molecule has 7 heteroatoms. The largest absolute Gasteiger partial charge is 0.349 e. The van der Waals surface area contributed by atoms with Gasteiger partial charge in [0.15, 0.2) is 0 Å². The summed E-state index contributed by atoms with van der Waals surface area (Å²) in [6.45, 7) is 0. The molecule has 0 unspecified atom stereocenters. The summed E-state index contributed by atoms with van der Waals surface area (Å²) in [7, 11) is 3.36. The number of halogens is 1. The number of hydrogen-bond donors (Lipinski definition) is 2. The lowest BCUT2D eigenvalue weighted by molar-refractivity contribution is -0.130. The van der Waals surface area contributed by atoms with Gasteiger partial charge in [0, 0.05) is 25.9 Å². The van der Waals surface area contributed by atoms with Crippen molar-refractivity contribution in [1.82, 2.24) is 20.2 Å². The average Bonchev–Trinajstić information content (AvgIpc) is 3.04. The maximum absolute atomic E-state index is 12.7. The van der Waals surface area contributed by atoms with Crippen molar-refractivity contribution in [3.05, 3.63) is 64.5 Å². The molecule has 134 valence electrons. The Balaban J connectivity index is 1.82. The van der Waals surface area contributed by atoms with E-state index in [1.807, 2.05) is 36.4 Å². The van der Waals surface area contributed by atoms with Gasteiger partial charge >= 0.3 is 0 Å². The molecule has 2 heterocycles. The molecule has 0 fully saturated rings. The number of aromatic amines is 1. The number of hydrogen-bond acceptors (Lipinski definition) is 3. The van der Waals surface area contributed by atoms with Crippen molar-refractivity contribution in [2.75, 3.05) is 14.1 Å². The van der Waals surface area contributed by atoms with Gasteiger partial charge in [-0.05, 0) is 33.6 Å². The number of rotatable bonds is 5. The second-order valence-corrected chi connectivity index (χ2v) is 7.04. The highest BCUT2D eigenvalue weighted by molar-refractivity contribution is 9.10. The van der Waals surface area contributed by atoms with Gasteiger partial charge in [0.05, 0.1) is 11.7 Å². The molecule has 3 rings (SSSR count). The van der Waals surface area contributed by atoms with E-state index < -0.39 is 6.04 Å². The smallest absolute Gasteiger partial charge is 0.268 e. The molecule has 0 aliphatic rings. The lowest BCUT2D eigenvalue weighted by atomic mass is 10.0. The van der Waals surface area contributed by atoms with Crippen molar-refractivity contribution in [1.29, 1.82) is 0 Å². The van der Waals surface area contributed by atoms with Crippen LogP contribution in [0.5, 0.6) is 0 Å². The SMILES string of the molecule is CN(C)C(=O)[C@H](Cc1ccccc1)NC(=O)c1cc2cc(Br)ncc2[nH]1. The first kappa shape index (κ1) is 18.1. The summed E-state index contributed by atoms with van der Waals surface area (Å²) in [5, 5.41) is 3.72. The Bertz CT molecular complexity index is 937. The van der Waals surface area contributed by atoms with Crippen LogP contribution in [0.4, 0.5) is 0 Å². The number of likely N-dealkylation sites (N-methyl/N-ethyl adjacent to an activating group) is 1. The number of fused-ring (bicyclic) bond motifs is 1. The molecule has 0 spiro atoms. The van der Waals surface area contributed by atoms with Crippen LogP contribution in [0.15, 0.2) is 53.3 Å². The van der Waals surface area contributed by atoms with Crippen molar-refractivity contribution in [3.63, 3.8) is 0 Å². The molecule has 0 bridgehead atoms. The average molecular weight is 415 g/mol. The van der Waals surface area contributed by atoms with E-state index in [0.29, 0.717) is 16.7 Å². The zero-order valence-corrected chi connectivity index (χ0v) is 16.1. The van der Waals surface area contributed by atoms with E-state index in [1.165, 1.54) is 4.90 Å². The molecule has 2 N–H and O–H groups in total. The highest BCUT2D eigenvalue weighted by atomic mass is 79.9. The number of H-pyrrole nitrogens is 1. The Morgan fingerprint density at radius 3 is 2.65 bits per heavy atom. The molecule has 0 aliphatic carbocycles. The van der Waals surface area contributed by atoms with Crippen molar-refractivity contribution in [2.45, 2.75) is 12.5 Å². The molecule has 26 heavy (non-hydrogen) atoms. The van der Waals surface area contributed by atoms with Crippen LogP contribution in [0.1, 0.15) is 16.1 Å². The Kier molecular flexibility index (Phi) is 5.37. The third-order valence-electron chi connectivity index (χ3n) is 4.04. The summed E-state index contributed by atoms with van der Waals surface area (Å²) >= 11 is 3.32. The number of aromatic nitrogens is 2. The van der Waals surface area contributed by atoms with Gasteiger partial charge < -0.3 is 15.2 Å². The van der Waals surface area contributed by atoms with E-state index in [1.54, 1.807) is 26.4 Å². The number of carbonyl (C=O) groups excluding carboxylic acids is 2. The molecule has 0 aliphatic heterocycles. The minimum Gasteiger partial charge on any atom is -0.349 e. The highest BCUT2D eigenvalue weighted by Crippen LogP contribution is 2.18. The molecular formula is C19H19BrN4O2. The molecule has 0 saturated carbocycles. The van der Waals surface area contributed by atoms with E-state index in [4.69, 9.17) is 0 Å². The molecule has 2 amide bonds. The number of amides is 2. The van der Waals surface area contributed by atoms with Crippen LogP contribution in [0.25, 0.3) is 10.9 Å². The van der Waals surface area contributed by atoms with Crippen LogP contribution < -0.4 is 5.32 Å². The van der Waals surface area contributed by atoms with Crippen LogP contribution in [0, 0.1) is 0 Å². The zero-order valence-electron chi connectivity index (χ0n) is 14.5. The third kappa shape index (κ3) is 4.11. The summed E-state index contributed by atoms with van der Waals surface area (Å²) in [6, 6.07) is 12.6. The second kappa shape index (κ2) is 7.70. The van der Waals surface area contributed by atoms with E-state index in [0.717, 1.165) is 16.5 Å². The third-order valence-corrected chi connectivity index (χ3v) is 4.48. The van der Waals surface area contributed by atoms with E-state index in [-0.39, 0.29) is 11.8 Å². The Hall–Kier alpha value is -2.67. The maximum atomic E-state index is 12.7. The van der Waals surface area contributed by atoms with E-state index >= 15 is 0 Å². The summed E-state index contributed by atoms with van der Waals surface area (Å²) in [6.07, 6.45) is 2.08. The fraction of sp³-hybridized carbons (Fsp3) is 0.211. The molecule has 0 saturated heterocycles. The minimum atomic E-state index is -0.642. The molecule has 1 atom stereocenters. The number of carbonyl (C=O) groups is 2. The van der Waals surface area contributed by atoms with Crippen LogP contribution in [-0.2, 0) is 11.2 Å². The van der Waals surface area contributed by atoms with Crippen molar-refractivity contribution in [2.24, 2.45) is 0 Å². The second-order valence-electron chi connectivity index (χ2n) is 6.23. The van der Waals surface area contributed by atoms with Crippen molar-refractivity contribution >= 4 is 38.6 Å². The summed E-state index contributed by atoms with van der Waals surface area (Å²) in [4.78, 5) is 33.9. The number of nitrogens with one attached hydrogen (secondary N) is 2. The Morgan fingerprint density at radius 2 is 1.96 bits per heavy atom. The van der Waals surface area contributed by atoms with Gasteiger partial charge in [-0.15, -0.1) is 0 Å². The lowest BCUT2D eigenvalue weighted by Crippen LogP contribution is -2.47. The van der Waals surface area contributed by atoms with Crippen LogP contribution in [0.2, 0.25) is 0 Å². The van der Waals surface area contributed by atoms with Gasteiger partial charge in [-0.2, -0.15) is 0 Å². The van der Waals surface area contributed by atoms with Gasteiger partial charge in [0.1, 0.15) is 16.3 Å². The van der Waals surface area contributed by atoms with E-state index in [9.17, 15) is 9.59 Å². The predicted molar refractivity (Wildman–Crippen MR) is 104 cm³/mol. The summed E-state index contributed by atoms with van der Waals surface area (Å²) in [5.74, 6) is -0.476. The molecule has 1 aromatic carbocycles. The Labute approximate surface area is 159 Å². The maximum Gasteiger partial charge on any atom is 0.268 e. The van der Waals surface area contributed by atoms with Crippen molar-refractivity contribution < 1.29 is 9.59 Å². The topological polar surface area (TPSA) is 78.1 Å². The highest BCUT2D eigenvalue weighted by Gasteiger charge is 2.24. The quantitative estimate of drug-likeness (QED) is 0.630. The van der Waals surface area contributed by atoms with Gasteiger partial charge in [0.25, 0.3) is 5.91 Å². The molecule has 6 nitrogen and oxygen atoms in total. The van der Waals surface area contributed by atoms with Crippen LogP contribution >= 0.6 is 15.9 Å². The normalized spacial score (nSPS) is 12.0. The number of pyridine rings is 1. The number of nitrogens with zero attached hydrogens (tertiary/aromatic N) is 2. The molecular weight excluding hydrogens is 396 g/mol. The Morgan fingerprint density at radius 1 is 1.23 bits per heavy atom. The molecule has 3 aromatic rings.